The van der Waals surface area contributed by atoms with Crippen molar-refractivity contribution in [2.45, 2.75) is 52.1 Å². The highest BCUT2D eigenvalue weighted by atomic mass is 16.6. The van der Waals surface area contributed by atoms with E-state index in [1.165, 1.54) is 0 Å². The van der Waals surface area contributed by atoms with Gasteiger partial charge in [0, 0.05) is 36.1 Å². The van der Waals surface area contributed by atoms with Crippen molar-refractivity contribution in [2.24, 2.45) is 23.7 Å². The highest BCUT2D eigenvalue weighted by Crippen LogP contribution is 2.50. The smallest absolute Gasteiger partial charge is 0.410 e. The van der Waals surface area contributed by atoms with E-state index in [0.717, 1.165) is 12.8 Å². The van der Waals surface area contributed by atoms with Gasteiger partial charge in [-0.1, -0.05) is 12.2 Å². The molecule has 0 aromatic rings. The van der Waals surface area contributed by atoms with Crippen LogP contribution in [0.3, 0.4) is 0 Å². The van der Waals surface area contributed by atoms with E-state index in [4.69, 9.17) is 4.74 Å². The topological polar surface area (TPSA) is 63.7 Å². The minimum atomic E-state index is -0.554. The molecule has 1 heterocycles. The molecule has 0 saturated heterocycles. The van der Waals surface area contributed by atoms with Crippen molar-refractivity contribution in [1.82, 2.24) is 4.90 Å². The van der Waals surface area contributed by atoms with Gasteiger partial charge in [-0.15, -0.1) is 0 Å². The zero-order valence-electron chi connectivity index (χ0n) is 15.8. The van der Waals surface area contributed by atoms with Gasteiger partial charge in [-0.25, -0.2) is 4.79 Å². The molecule has 4 atom stereocenters. The van der Waals surface area contributed by atoms with E-state index in [-0.39, 0.29) is 41.3 Å². The molecule has 5 aliphatic rings. The summed E-state index contributed by atoms with van der Waals surface area (Å²) in [6, 6.07) is 0. The minimum absolute atomic E-state index is 0.162. The zero-order chi connectivity index (χ0) is 18.6. The van der Waals surface area contributed by atoms with Crippen molar-refractivity contribution in [1.29, 1.82) is 0 Å². The fraction of sp³-hybridized carbons (Fsp3) is 0.667. The number of ketones is 2. The van der Waals surface area contributed by atoms with Crippen LogP contribution < -0.4 is 0 Å². The van der Waals surface area contributed by atoms with Crippen molar-refractivity contribution in [2.75, 3.05) is 13.1 Å². The summed E-state index contributed by atoms with van der Waals surface area (Å²) in [5, 5.41) is 0. The average Bonchev–Trinajstić information content (AvgIpc) is 2.82. The van der Waals surface area contributed by atoms with E-state index >= 15 is 0 Å². The van der Waals surface area contributed by atoms with E-state index in [2.05, 4.69) is 12.2 Å². The first kappa shape index (κ1) is 17.5. The number of nitrogens with zero attached hydrogens (tertiary/aromatic N) is 1. The van der Waals surface area contributed by atoms with Crippen molar-refractivity contribution in [3.8, 4) is 0 Å². The van der Waals surface area contributed by atoms with Gasteiger partial charge in [-0.05, 0) is 58.3 Å². The molecule has 0 aromatic carbocycles. The fourth-order valence-corrected chi connectivity index (χ4v) is 5.07. The molecule has 26 heavy (non-hydrogen) atoms. The predicted molar refractivity (Wildman–Crippen MR) is 96.4 cm³/mol. The Bertz CT molecular complexity index is 681. The number of hydrogen-bond donors (Lipinski definition) is 0. The van der Waals surface area contributed by atoms with E-state index < -0.39 is 5.60 Å². The summed E-state index contributed by atoms with van der Waals surface area (Å²) in [7, 11) is 0. The number of hydrogen-bond acceptors (Lipinski definition) is 4. The normalized spacial score (nSPS) is 33.7. The monoisotopic (exact) mass is 357 g/mol. The first-order valence-electron chi connectivity index (χ1n) is 9.73. The van der Waals surface area contributed by atoms with Crippen LogP contribution in [0.4, 0.5) is 4.79 Å². The average molecular weight is 357 g/mol. The molecule has 2 bridgehead atoms. The number of rotatable bonds is 0. The lowest BCUT2D eigenvalue weighted by Crippen LogP contribution is -2.49. The molecule has 1 fully saturated rings. The largest absolute Gasteiger partial charge is 0.444 e. The molecule has 5 nitrogen and oxygen atoms in total. The van der Waals surface area contributed by atoms with Gasteiger partial charge in [0.1, 0.15) is 5.60 Å². The summed E-state index contributed by atoms with van der Waals surface area (Å²) in [5.41, 5.74) is 0.813. The molecule has 1 saturated carbocycles. The van der Waals surface area contributed by atoms with Crippen LogP contribution in [0.5, 0.6) is 0 Å². The quantitative estimate of drug-likeness (QED) is 0.624. The second-order valence-electron chi connectivity index (χ2n) is 8.99. The minimum Gasteiger partial charge on any atom is -0.444 e. The van der Waals surface area contributed by atoms with Crippen LogP contribution in [0.1, 0.15) is 46.5 Å². The third-order valence-electron chi connectivity index (χ3n) is 6.23. The number of carbonyl (C=O) groups excluding carboxylic acids is 3. The van der Waals surface area contributed by atoms with Gasteiger partial charge in [0.2, 0.25) is 0 Å². The maximum absolute atomic E-state index is 13.2. The molecule has 0 spiro atoms. The number of amides is 1. The van der Waals surface area contributed by atoms with Crippen molar-refractivity contribution in [3.05, 3.63) is 23.3 Å². The van der Waals surface area contributed by atoms with Crippen molar-refractivity contribution >= 4 is 17.7 Å². The fourth-order valence-electron chi connectivity index (χ4n) is 5.07. The molecular weight excluding hydrogens is 330 g/mol. The second-order valence-corrected chi connectivity index (χ2v) is 8.99. The SMILES string of the molecule is CC(C)(C)OC(=O)N1CCC2=C(CC1)C(=O)C1C3C=CC(CC3)C1C2=O. The Morgan fingerprint density at radius 1 is 0.962 bits per heavy atom. The van der Waals surface area contributed by atoms with Gasteiger partial charge in [0.05, 0.1) is 0 Å². The Hall–Kier alpha value is -1.91. The number of carbonyl (C=O) groups is 3. The number of ether oxygens (including phenoxy) is 1. The first-order valence-corrected chi connectivity index (χ1v) is 9.73. The molecular formula is C21H27NO4. The van der Waals surface area contributed by atoms with Gasteiger partial charge in [0.15, 0.2) is 11.6 Å². The predicted octanol–water partition coefficient (Wildman–Crippen LogP) is 3.29. The summed E-state index contributed by atoms with van der Waals surface area (Å²) >= 11 is 0. The van der Waals surface area contributed by atoms with Crippen LogP contribution in [-0.4, -0.2) is 41.3 Å². The van der Waals surface area contributed by atoms with Crippen molar-refractivity contribution < 1.29 is 19.1 Å². The number of Topliss-reactive ketones (excluding diaryl/α,β-unsaturated/α-hetero) is 2. The molecule has 5 rings (SSSR count). The molecule has 4 unspecified atom stereocenters. The Morgan fingerprint density at radius 3 is 1.81 bits per heavy atom. The van der Waals surface area contributed by atoms with Gasteiger partial charge in [-0.3, -0.25) is 9.59 Å². The Morgan fingerprint density at radius 2 is 1.42 bits per heavy atom. The van der Waals surface area contributed by atoms with Crippen LogP contribution in [0, 0.1) is 23.7 Å². The lowest BCUT2D eigenvalue weighted by Gasteiger charge is -2.46. The first-order chi connectivity index (χ1) is 12.3. The zero-order valence-corrected chi connectivity index (χ0v) is 15.8. The lowest BCUT2D eigenvalue weighted by atomic mass is 9.55. The molecule has 5 heteroatoms. The highest BCUT2D eigenvalue weighted by molar-refractivity contribution is 6.14. The van der Waals surface area contributed by atoms with E-state index in [1.54, 1.807) is 4.90 Å². The standard InChI is InChI=1S/C21H27NO4/c1-21(2,3)26-20(25)22-10-8-14-15(9-11-22)19(24)17-13-5-4-12(6-7-13)16(17)18(14)23/h4-5,12-13,16-17H,6-11H2,1-3H3. The van der Waals surface area contributed by atoms with E-state index in [0.29, 0.717) is 37.1 Å². The van der Waals surface area contributed by atoms with E-state index in [1.807, 2.05) is 20.8 Å². The molecule has 1 amide bonds. The van der Waals surface area contributed by atoms with Crippen LogP contribution in [-0.2, 0) is 14.3 Å². The number of fused-ring (bicyclic) bond motifs is 1. The van der Waals surface area contributed by atoms with Crippen molar-refractivity contribution in [3.63, 3.8) is 0 Å². The van der Waals surface area contributed by atoms with Gasteiger partial charge in [0.25, 0.3) is 0 Å². The third-order valence-corrected chi connectivity index (χ3v) is 6.23. The van der Waals surface area contributed by atoms with Gasteiger partial charge >= 0.3 is 6.09 Å². The lowest BCUT2D eigenvalue weighted by molar-refractivity contribution is -0.136. The molecule has 140 valence electrons. The van der Waals surface area contributed by atoms with E-state index in [9.17, 15) is 14.4 Å². The summed E-state index contributed by atoms with van der Waals surface area (Å²) in [4.78, 5) is 40.5. The maximum atomic E-state index is 13.2. The van der Waals surface area contributed by atoms with Gasteiger partial charge in [-0.2, -0.15) is 0 Å². The van der Waals surface area contributed by atoms with Crippen LogP contribution in [0.2, 0.25) is 0 Å². The summed E-state index contributed by atoms with van der Waals surface area (Å²) < 4.78 is 5.47. The third kappa shape index (κ3) is 2.81. The maximum Gasteiger partial charge on any atom is 0.410 e. The van der Waals surface area contributed by atoms with Crippen LogP contribution in [0.15, 0.2) is 23.3 Å². The van der Waals surface area contributed by atoms with Gasteiger partial charge < -0.3 is 9.64 Å². The Balaban J connectivity index is 1.56. The molecule has 1 aliphatic heterocycles. The molecule has 0 aromatic heterocycles. The van der Waals surface area contributed by atoms with Crippen LogP contribution in [0.25, 0.3) is 0 Å². The highest BCUT2D eigenvalue weighted by Gasteiger charge is 2.52. The second kappa shape index (κ2) is 6.07. The molecule has 0 radical (unpaired) electrons. The Kier molecular flexibility index (Phi) is 4.08. The summed E-state index contributed by atoms with van der Waals surface area (Å²) in [5.74, 6) is 0.405. The number of allylic oxidation sites excluding steroid dienone is 2. The summed E-state index contributed by atoms with van der Waals surface area (Å²) in [6.07, 6.45) is 6.87. The summed E-state index contributed by atoms with van der Waals surface area (Å²) in [6.45, 7) is 6.40. The molecule has 0 N–H and O–H groups in total. The van der Waals surface area contributed by atoms with Crippen LogP contribution >= 0.6 is 0 Å². The Labute approximate surface area is 154 Å². The molecule has 4 aliphatic carbocycles.